The standard InChI is InChI=1S/C16H19ClN2O4/c1-22-14-3-2-10(8-13(14)17)18-15(20)11-9-12(11)16(21)19-4-6-23-7-5-19/h2-3,8,11-12H,4-7,9H2,1H3,(H,18,20). The molecule has 1 saturated carbocycles. The molecule has 1 saturated heterocycles. The second kappa shape index (κ2) is 6.76. The molecule has 1 aliphatic carbocycles. The maximum absolute atomic E-state index is 12.3. The summed E-state index contributed by atoms with van der Waals surface area (Å²) < 4.78 is 10.3. The third kappa shape index (κ3) is 3.59. The fourth-order valence-electron chi connectivity index (χ4n) is 2.76. The Morgan fingerprint density at radius 1 is 1.30 bits per heavy atom. The molecule has 2 unspecified atom stereocenters. The smallest absolute Gasteiger partial charge is 0.228 e. The number of morpholine rings is 1. The van der Waals surface area contributed by atoms with Crippen LogP contribution in [0.5, 0.6) is 5.75 Å². The minimum absolute atomic E-state index is 0.0567. The maximum atomic E-state index is 12.3. The Bertz CT molecular complexity index is 616. The summed E-state index contributed by atoms with van der Waals surface area (Å²) in [6.45, 7) is 2.36. The van der Waals surface area contributed by atoms with Gasteiger partial charge in [0, 0.05) is 18.8 Å². The third-order valence-corrected chi connectivity index (χ3v) is 4.48. The van der Waals surface area contributed by atoms with Crippen molar-refractivity contribution in [1.29, 1.82) is 0 Å². The molecule has 1 aromatic rings. The molecule has 1 N–H and O–H groups in total. The SMILES string of the molecule is COc1ccc(NC(=O)C2CC2C(=O)N2CCOCC2)cc1Cl. The molecule has 124 valence electrons. The number of nitrogens with one attached hydrogen (secondary N) is 1. The molecule has 2 amide bonds. The quantitative estimate of drug-likeness (QED) is 0.908. The zero-order chi connectivity index (χ0) is 16.4. The predicted octanol–water partition coefficient (Wildman–Crippen LogP) is 1.78. The van der Waals surface area contributed by atoms with Gasteiger partial charge in [0.05, 0.1) is 37.2 Å². The van der Waals surface area contributed by atoms with Gasteiger partial charge in [0.25, 0.3) is 0 Å². The fourth-order valence-corrected chi connectivity index (χ4v) is 3.01. The van der Waals surface area contributed by atoms with E-state index in [1.165, 1.54) is 7.11 Å². The lowest BCUT2D eigenvalue weighted by Gasteiger charge is -2.27. The topological polar surface area (TPSA) is 67.9 Å². The van der Waals surface area contributed by atoms with Gasteiger partial charge >= 0.3 is 0 Å². The van der Waals surface area contributed by atoms with E-state index in [9.17, 15) is 9.59 Å². The summed E-state index contributed by atoms with van der Waals surface area (Å²) in [4.78, 5) is 26.4. The average Bonchev–Trinajstić information content (AvgIpc) is 3.36. The number of carbonyl (C=O) groups is 2. The van der Waals surface area contributed by atoms with Gasteiger partial charge in [-0.3, -0.25) is 9.59 Å². The summed E-state index contributed by atoms with van der Waals surface area (Å²) in [5.74, 6) is 0.00329. The summed E-state index contributed by atoms with van der Waals surface area (Å²) in [7, 11) is 1.53. The Balaban J connectivity index is 1.55. The van der Waals surface area contributed by atoms with Gasteiger partial charge < -0.3 is 19.7 Å². The second-order valence-electron chi connectivity index (χ2n) is 5.72. The Morgan fingerprint density at radius 3 is 2.70 bits per heavy atom. The first-order chi connectivity index (χ1) is 11.1. The van der Waals surface area contributed by atoms with Gasteiger partial charge in [0.1, 0.15) is 5.75 Å². The van der Waals surface area contributed by atoms with Gasteiger partial charge in [0.2, 0.25) is 11.8 Å². The van der Waals surface area contributed by atoms with Crippen molar-refractivity contribution in [1.82, 2.24) is 4.90 Å². The van der Waals surface area contributed by atoms with Crippen LogP contribution < -0.4 is 10.1 Å². The number of ether oxygens (including phenoxy) is 2. The van der Waals surface area contributed by atoms with Gasteiger partial charge in [-0.25, -0.2) is 0 Å². The van der Waals surface area contributed by atoms with Crippen LogP contribution in [-0.2, 0) is 14.3 Å². The van der Waals surface area contributed by atoms with E-state index >= 15 is 0 Å². The van der Waals surface area contributed by atoms with Crippen molar-refractivity contribution in [2.45, 2.75) is 6.42 Å². The maximum Gasteiger partial charge on any atom is 0.228 e. The Kier molecular flexibility index (Phi) is 4.73. The number of nitrogens with zero attached hydrogens (tertiary/aromatic N) is 1. The molecular weight excluding hydrogens is 320 g/mol. The Labute approximate surface area is 139 Å². The molecule has 0 bridgehead atoms. The lowest BCUT2D eigenvalue weighted by atomic mass is 10.2. The number of carbonyl (C=O) groups excluding carboxylic acids is 2. The largest absolute Gasteiger partial charge is 0.495 e. The van der Waals surface area contributed by atoms with Crippen molar-refractivity contribution in [2.24, 2.45) is 11.8 Å². The van der Waals surface area contributed by atoms with Gasteiger partial charge in [0.15, 0.2) is 0 Å². The average molecular weight is 339 g/mol. The summed E-state index contributed by atoms with van der Waals surface area (Å²) in [5.41, 5.74) is 0.602. The number of amides is 2. The lowest BCUT2D eigenvalue weighted by Crippen LogP contribution is -2.42. The van der Waals surface area contributed by atoms with E-state index in [4.69, 9.17) is 21.1 Å². The number of hydrogen-bond donors (Lipinski definition) is 1. The molecule has 2 atom stereocenters. The highest BCUT2D eigenvalue weighted by atomic mass is 35.5. The first kappa shape index (κ1) is 16.1. The van der Waals surface area contributed by atoms with Crippen molar-refractivity contribution < 1.29 is 19.1 Å². The van der Waals surface area contributed by atoms with E-state index in [0.717, 1.165) is 0 Å². The molecule has 0 spiro atoms. The minimum atomic E-state index is -0.258. The van der Waals surface area contributed by atoms with Crippen LogP contribution in [0.2, 0.25) is 5.02 Å². The first-order valence-electron chi connectivity index (χ1n) is 7.61. The molecule has 1 heterocycles. The molecule has 2 aliphatic rings. The molecule has 23 heavy (non-hydrogen) atoms. The number of hydrogen-bond acceptors (Lipinski definition) is 4. The van der Waals surface area contributed by atoms with E-state index in [0.29, 0.717) is 49.2 Å². The van der Waals surface area contributed by atoms with Gasteiger partial charge in [-0.15, -0.1) is 0 Å². The number of anilines is 1. The molecule has 7 heteroatoms. The molecule has 6 nitrogen and oxygen atoms in total. The van der Waals surface area contributed by atoms with Gasteiger partial charge in [-0.1, -0.05) is 11.6 Å². The fraction of sp³-hybridized carbons (Fsp3) is 0.500. The molecule has 0 radical (unpaired) electrons. The molecule has 2 fully saturated rings. The first-order valence-corrected chi connectivity index (χ1v) is 7.99. The predicted molar refractivity (Wildman–Crippen MR) is 85.6 cm³/mol. The van der Waals surface area contributed by atoms with Crippen LogP contribution in [0.4, 0.5) is 5.69 Å². The van der Waals surface area contributed by atoms with Crippen molar-refractivity contribution in [3.05, 3.63) is 23.2 Å². The zero-order valence-electron chi connectivity index (χ0n) is 12.9. The van der Waals surface area contributed by atoms with E-state index in [1.54, 1.807) is 23.1 Å². The van der Waals surface area contributed by atoms with Crippen molar-refractivity contribution in [3.63, 3.8) is 0 Å². The second-order valence-corrected chi connectivity index (χ2v) is 6.13. The molecular formula is C16H19ClN2O4. The van der Waals surface area contributed by atoms with Crippen LogP contribution in [0.15, 0.2) is 18.2 Å². The number of methoxy groups -OCH3 is 1. The third-order valence-electron chi connectivity index (χ3n) is 4.19. The number of benzene rings is 1. The van der Waals surface area contributed by atoms with Crippen LogP contribution in [0.3, 0.4) is 0 Å². The van der Waals surface area contributed by atoms with E-state index < -0.39 is 0 Å². The number of halogens is 1. The zero-order valence-corrected chi connectivity index (χ0v) is 13.6. The van der Waals surface area contributed by atoms with Crippen molar-refractivity contribution in [2.75, 3.05) is 38.7 Å². The monoisotopic (exact) mass is 338 g/mol. The molecule has 1 aliphatic heterocycles. The molecule has 1 aromatic carbocycles. The van der Waals surface area contributed by atoms with Crippen LogP contribution in [0.25, 0.3) is 0 Å². The normalized spacial score (nSPS) is 23.3. The van der Waals surface area contributed by atoms with E-state index in [1.807, 2.05) is 0 Å². The number of rotatable bonds is 4. The Morgan fingerprint density at radius 2 is 2.04 bits per heavy atom. The van der Waals surface area contributed by atoms with Gasteiger partial charge in [-0.2, -0.15) is 0 Å². The summed E-state index contributed by atoms with van der Waals surface area (Å²) >= 11 is 6.04. The van der Waals surface area contributed by atoms with Crippen LogP contribution in [0.1, 0.15) is 6.42 Å². The summed E-state index contributed by atoms with van der Waals surface area (Å²) in [5, 5.41) is 3.24. The van der Waals surface area contributed by atoms with Gasteiger partial charge in [-0.05, 0) is 24.6 Å². The van der Waals surface area contributed by atoms with Crippen LogP contribution in [0, 0.1) is 11.8 Å². The van der Waals surface area contributed by atoms with E-state index in [2.05, 4.69) is 5.32 Å². The minimum Gasteiger partial charge on any atom is -0.495 e. The van der Waals surface area contributed by atoms with Crippen LogP contribution in [-0.4, -0.2) is 50.1 Å². The van der Waals surface area contributed by atoms with Crippen molar-refractivity contribution >= 4 is 29.1 Å². The van der Waals surface area contributed by atoms with Crippen molar-refractivity contribution in [3.8, 4) is 5.75 Å². The highest BCUT2D eigenvalue weighted by molar-refractivity contribution is 6.32. The summed E-state index contributed by atoms with van der Waals surface area (Å²) in [6.07, 6.45) is 0.603. The van der Waals surface area contributed by atoms with E-state index in [-0.39, 0.29) is 23.7 Å². The molecule has 3 rings (SSSR count). The lowest BCUT2D eigenvalue weighted by molar-refractivity contribution is -0.137. The van der Waals surface area contributed by atoms with Crippen LogP contribution >= 0.6 is 11.6 Å². The highest BCUT2D eigenvalue weighted by Crippen LogP contribution is 2.41. The molecule has 0 aromatic heterocycles. The summed E-state index contributed by atoms with van der Waals surface area (Å²) in [6, 6.07) is 5.06. The highest BCUT2D eigenvalue weighted by Gasteiger charge is 2.49. The Hall–Kier alpha value is -1.79.